The van der Waals surface area contributed by atoms with E-state index in [1.165, 1.54) is 12.1 Å². The molecule has 2 nitrogen and oxygen atoms in total. The zero-order valence-electron chi connectivity index (χ0n) is 8.27. The average Bonchev–Trinajstić information content (AvgIpc) is 2.17. The second kappa shape index (κ2) is 6.26. The maximum atomic E-state index is 8.82. The molecule has 2 rings (SSSR count). The third-order valence-electron chi connectivity index (χ3n) is 1.60. The third-order valence-corrected chi connectivity index (χ3v) is 2.04. The highest BCUT2D eigenvalue weighted by molar-refractivity contribution is 6.34. The summed E-state index contributed by atoms with van der Waals surface area (Å²) in [6, 6.07) is 13.1. The van der Waals surface area contributed by atoms with Gasteiger partial charge in [-0.3, -0.25) is 0 Å². The molecular formula is C12H10Cl2O2. The summed E-state index contributed by atoms with van der Waals surface area (Å²) >= 11 is 11.0. The standard InChI is InChI=1S/C6H4Cl2O.C6H6O/c7-4-1-5(8)3-6(9)2-4;7-6-4-2-1-3-5-6/h1-3,9H;1-5,7H. The number of para-hydroxylation sites is 1. The van der Waals surface area contributed by atoms with Crippen LogP contribution in [-0.4, -0.2) is 10.2 Å². The Kier molecular flexibility index (Phi) is 4.96. The predicted octanol–water partition coefficient (Wildman–Crippen LogP) is 4.09. The Morgan fingerprint density at radius 3 is 1.50 bits per heavy atom. The first kappa shape index (κ1) is 12.7. The van der Waals surface area contributed by atoms with Gasteiger partial charge in [0.05, 0.1) is 0 Å². The van der Waals surface area contributed by atoms with Gasteiger partial charge in [-0.25, -0.2) is 0 Å². The zero-order chi connectivity index (χ0) is 12.0. The van der Waals surface area contributed by atoms with Gasteiger partial charge in [0.25, 0.3) is 0 Å². The third kappa shape index (κ3) is 4.91. The van der Waals surface area contributed by atoms with Gasteiger partial charge >= 0.3 is 0 Å². The lowest BCUT2D eigenvalue weighted by atomic mass is 10.3. The molecule has 0 spiro atoms. The second-order valence-electron chi connectivity index (χ2n) is 2.96. The van der Waals surface area contributed by atoms with Crippen LogP contribution in [0.3, 0.4) is 0 Å². The number of halogens is 2. The van der Waals surface area contributed by atoms with Crippen LogP contribution in [0.15, 0.2) is 48.5 Å². The molecule has 0 saturated heterocycles. The minimum Gasteiger partial charge on any atom is -0.508 e. The monoisotopic (exact) mass is 256 g/mol. The Morgan fingerprint density at radius 2 is 1.19 bits per heavy atom. The van der Waals surface area contributed by atoms with Gasteiger partial charge in [-0.1, -0.05) is 41.4 Å². The van der Waals surface area contributed by atoms with E-state index in [-0.39, 0.29) is 5.75 Å². The van der Waals surface area contributed by atoms with Gasteiger partial charge in [-0.2, -0.15) is 0 Å². The minimum atomic E-state index is 0.0903. The summed E-state index contributed by atoms with van der Waals surface area (Å²) in [4.78, 5) is 0. The van der Waals surface area contributed by atoms with E-state index in [9.17, 15) is 0 Å². The lowest BCUT2D eigenvalue weighted by molar-refractivity contribution is 0.475. The summed E-state index contributed by atoms with van der Waals surface area (Å²) in [6.07, 6.45) is 0. The molecule has 16 heavy (non-hydrogen) atoms. The molecule has 0 aromatic heterocycles. The van der Waals surface area contributed by atoms with Crippen molar-refractivity contribution in [3.63, 3.8) is 0 Å². The average molecular weight is 257 g/mol. The van der Waals surface area contributed by atoms with Crippen LogP contribution < -0.4 is 0 Å². The van der Waals surface area contributed by atoms with E-state index >= 15 is 0 Å². The molecule has 2 aromatic rings. The SMILES string of the molecule is Oc1cc(Cl)cc(Cl)c1.Oc1ccccc1. The Bertz CT molecular complexity index is 394. The molecule has 0 fully saturated rings. The van der Waals surface area contributed by atoms with Gasteiger partial charge in [-0.15, -0.1) is 0 Å². The predicted molar refractivity (Wildman–Crippen MR) is 66.2 cm³/mol. The summed E-state index contributed by atoms with van der Waals surface area (Å²) in [7, 11) is 0. The highest BCUT2D eigenvalue weighted by Crippen LogP contribution is 2.22. The summed E-state index contributed by atoms with van der Waals surface area (Å²) in [5.41, 5.74) is 0. The fraction of sp³-hybridized carbons (Fsp3) is 0. The Balaban J connectivity index is 0.000000165. The first-order chi connectivity index (χ1) is 7.58. The van der Waals surface area contributed by atoms with Gasteiger partial charge in [0.15, 0.2) is 0 Å². The molecule has 0 aliphatic carbocycles. The van der Waals surface area contributed by atoms with Crippen LogP contribution in [0.25, 0.3) is 0 Å². The molecular weight excluding hydrogens is 247 g/mol. The van der Waals surface area contributed by atoms with Crippen molar-refractivity contribution in [1.82, 2.24) is 0 Å². The first-order valence-electron chi connectivity index (χ1n) is 4.47. The molecule has 0 aliphatic rings. The van der Waals surface area contributed by atoms with Gasteiger partial charge < -0.3 is 10.2 Å². The fourth-order valence-electron chi connectivity index (χ4n) is 0.967. The van der Waals surface area contributed by atoms with Crippen LogP contribution in [0, 0.1) is 0 Å². The van der Waals surface area contributed by atoms with E-state index in [4.69, 9.17) is 33.4 Å². The molecule has 84 valence electrons. The molecule has 0 unspecified atom stereocenters. The normalized spacial score (nSPS) is 9.12. The maximum Gasteiger partial charge on any atom is 0.118 e. The summed E-state index contributed by atoms with van der Waals surface area (Å²) in [5.74, 6) is 0.412. The van der Waals surface area contributed by atoms with Crippen molar-refractivity contribution in [1.29, 1.82) is 0 Å². The number of phenols is 2. The highest BCUT2D eigenvalue weighted by atomic mass is 35.5. The summed E-state index contributed by atoms with van der Waals surface area (Å²) in [5, 5.41) is 18.3. The number of benzene rings is 2. The quantitative estimate of drug-likeness (QED) is 0.746. The van der Waals surface area contributed by atoms with Gasteiger partial charge in [0.1, 0.15) is 11.5 Å². The molecule has 0 radical (unpaired) electrons. The van der Waals surface area contributed by atoms with E-state index in [2.05, 4.69) is 0 Å². The van der Waals surface area contributed by atoms with E-state index in [1.807, 2.05) is 6.07 Å². The van der Waals surface area contributed by atoms with Crippen molar-refractivity contribution in [3.05, 3.63) is 58.6 Å². The molecule has 2 N–H and O–H groups in total. The molecule has 0 bridgehead atoms. The summed E-state index contributed by atoms with van der Waals surface area (Å²) in [6.45, 7) is 0. The molecule has 2 aromatic carbocycles. The van der Waals surface area contributed by atoms with E-state index < -0.39 is 0 Å². The Morgan fingerprint density at radius 1 is 0.688 bits per heavy atom. The number of rotatable bonds is 0. The minimum absolute atomic E-state index is 0.0903. The van der Waals surface area contributed by atoms with Crippen molar-refractivity contribution in [2.75, 3.05) is 0 Å². The number of hydrogen-bond donors (Lipinski definition) is 2. The van der Waals surface area contributed by atoms with Crippen LogP contribution in [0.5, 0.6) is 11.5 Å². The van der Waals surface area contributed by atoms with Crippen molar-refractivity contribution in [3.8, 4) is 11.5 Å². The Labute approximate surface area is 104 Å². The largest absolute Gasteiger partial charge is 0.508 e. The molecule has 0 saturated carbocycles. The molecule has 0 atom stereocenters. The number of hydrogen-bond acceptors (Lipinski definition) is 2. The van der Waals surface area contributed by atoms with E-state index in [1.54, 1.807) is 30.3 Å². The van der Waals surface area contributed by atoms with Crippen LogP contribution in [0.4, 0.5) is 0 Å². The molecule has 4 heteroatoms. The van der Waals surface area contributed by atoms with Gasteiger partial charge in [0, 0.05) is 10.0 Å². The second-order valence-corrected chi connectivity index (χ2v) is 3.84. The molecule has 0 aliphatic heterocycles. The Hall–Kier alpha value is -1.38. The first-order valence-corrected chi connectivity index (χ1v) is 5.22. The summed E-state index contributed by atoms with van der Waals surface area (Å²) < 4.78 is 0. The number of aromatic hydroxyl groups is 2. The van der Waals surface area contributed by atoms with Crippen LogP contribution in [0.2, 0.25) is 10.0 Å². The lowest BCUT2D eigenvalue weighted by Gasteiger charge is -1.92. The zero-order valence-corrected chi connectivity index (χ0v) is 9.78. The van der Waals surface area contributed by atoms with Gasteiger partial charge in [-0.05, 0) is 30.3 Å². The van der Waals surface area contributed by atoms with Crippen molar-refractivity contribution in [2.24, 2.45) is 0 Å². The van der Waals surface area contributed by atoms with E-state index in [0.717, 1.165) is 0 Å². The smallest absolute Gasteiger partial charge is 0.118 e. The van der Waals surface area contributed by atoms with Crippen molar-refractivity contribution >= 4 is 23.2 Å². The van der Waals surface area contributed by atoms with Crippen LogP contribution in [0.1, 0.15) is 0 Å². The number of phenolic OH excluding ortho intramolecular Hbond substituents is 2. The van der Waals surface area contributed by atoms with Crippen LogP contribution in [-0.2, 0) is 0 Å². The van der Waals surface area contributed by atoms with Gasteiger partial charge in [0.2, 0.25) is 0 Å². The van der Waals surface area contributed by atoms with Crippen molar-refractivity contribution in [2.45, 2.75) is 0 Å². The lowest BCUT2D eigenvalue weighted by Crippen LogP contribution is -1.65. The van der Waals surface area contributed by atoms with E-state index in [0.29, 0.717) is 15.8 Å². The molecule has 0 amide bonds. The highest BCUT2D eigenvalue weighted by Gasteiger charge is 1.93. The van der Waals surface area contributed by atoms with Crippen molar-refractivity contribution < 1.29 is 10.2 Å². The molecule has 0 heterocycles. The fourth-order valence-corrected chi connectivity index (χ4v) is 1.48. The topological polar surface area (TPSA) is 40.5 Å². The van der Waals surface area contributed by atoms with Crippen LogP contribution >= 0.6 is 23.2 Å². The maximum absolute atomic E-state index is 8.82.